The number of ether oxygens (including phenoxy) is 1. The second-order valence-electron chi connectivity index (χ2n) is 3.01. The molecule has 0 amide bonds. The summed E-state index contributed by atoms with van der Waals surface area (Å²) < 4.78 is 4.90. The Balaban J connectivity index is 2.43. The van der Waals surface area contributed by atoms with E-state index in [1.165, 1.54) is 0 Å². The van der Waals surface area contributed by atoms with Crippen molar-refractivity contribution in [3.63, 3.8) is 0 Å². The third kappa shape index (κ3) is 2.34. The Kier molecular flexibility index (Phi) is 3.29. The van der Waals surface area contributed by atoms with Crippen molar-refractivity contribution in [3.05, 3.63) is 12.2 Å². The molecule has 1 rings (SSSR count). The zero-order chi connectivity index (χ0) is 8.97. The number of nitrogens with two attached hydrogens (primary N) is 1. The molecule has 3 nitrogen and oxygen atoms in total. The van der Waals surface area contributed by atoms with E-state index in [-0.39, 0.29) is 17.9 Å². The van der Waals surface area contributed by atoms with E-state index in [4.69, 9.17) is 10.5 Å². The minimum atomic E-state index is -0.114. The van der Waals surface area contributed by atoms with Crippen LogP contribution in [0.25, 0.3) is 0 Å². The molecule has 12 heavy (non-hydrogen) atoms. The third-order valence-electron chi connectivity index (χ3n) is 1.98. The van der Waals surface area contributed by atoms with Crippen LogP contribution in [0.15, 0.2) is 12.2 Å². The van der Waals surface area contributed by atoms with Crippen molar-refractivity contribution in [2.75, 3.05) is 6.61 Å². The number of carbonyl (C=O) groups excluding carboxylic acids is 1. The fourth-order valence-corrected chi connectivity index (χ4v) is 1.37. The fourth-order valence-electron chi connectivity index (χ4n) is 1.37. The summed E-state index contributed by atoms with van der Waals surface area (Å²) in [5.74, 6) is -0.137. The highest BCUT2D eigenvalue weighted by molar-refractivity contribution is 5.73. The molecule has 1 aliphatic carbocycles. The number of rotatable bonds is 2. The standard InChI is InChI=1S/C9H15NO2/c1-2-12-9(11)7-4-3-5-8(10)6-7/h3,5,7-8H,2,4,6,10H2,1H3. The molecular formula is C9H15NO2. The van der Waals surface area contributed by atoms with Crippen LogP contribution in [0.1, 0.15) is 19.8 Å². The van der Waals surface area contributed by atoms with E-state index in [1.54, 1.807) is 0 Å². The highest BCUT2D eigenvalue weighted by Gasteiger charge is 2.22. The summed E-state index contributed by atoms with van der Waals surface area (Å²) in [5, 5.41) is 0. The second-order valence-corrected chi connectivity index (χ2v) is 3.01. The Bertz CT molecular complexity index is 189. The summed E-state index contributed by atoms with van der Waals surface area (Å²) in [6.45, 7) is 2.27. The van der Waals surface area contributed by atoms with Gasteiger partial charge in [-0.3, -0.25) is 4.79 Å². The van der Waals surface area contributed by atoms with Crippen LogP contribution in [0, 0.1) is 5.92 Å². The molecule has 1 aliphatic rings. The van der Waals surface area contributed by atoms with Crippen LogP contribution in [-0.4, -0.2) is 18.6 Å². The van der Waals surface area contributed by atoms with Gasteiger partial charge in [-0.05, 0) is 19.8 Å². The van der Waals surface area contributed by atoms with Gasteiger partial charge in [0.1, 0.15) is 0 Å². The van der Waals surface area contributed by atoms with Gasteiger partial charge in [0.05, 0.1) is 12.5 Å². The average molecular weight is 169 g/mol. The van der Waals surface area contributed by atoms with Gasteiger partial charge in [-0.25, -0.2) is 0 Å². The van der Waals surface area contributed by atoms with Crippen molar-refractivity contribution >= 4 is 5.97 Å². The molecule has 0 heterocycles. The predicted molar refractivity (Wildman–Crippen MR) is 46.5 cm³/mol. The normalized spacial score (nSPS) is 28.5. The van der Waals surface area contributed by atoms with Gasteiger partial charge >= 0.3 is 5.97 Å². The molecular weight excluding hydrogens is 154 g/mol. The highest BCUT2D eigenvalue weighted by Crippen LogP contribution is 2.18. The van der Waals surface area contributed by atoms with Gasteiger partial charge in [0.2, 0.25) is 0 Å². The summed E-state index contributed by atoms with van der Waals surface area (Å²) in [6.07, 6.45) is 5.38. The Morgan fingerprint density at radius 3 is 3.08 bits per heavy atom. The first-order valence-corrected chi connectivity index (χ1v) is 4.33. The molecule has 0 aliphatic heterocycles. The summed E-state index contributed by atoms with van der Waals surface area (Å²) in [5.41, 5.74) is 5.66. The van der Waals surface area contributed by atoms with Crippen LogP contribution < -0.4 is 5.73 Å². The van der Waals surface area contributed by atoms with Gasteiger partial charge in [0, 0.05) is 6.04 Å². The number of esters is 1. The van der Waals surface area contributed by atoms with Crippen molar-refractivity contribution in [2.45, 2.75) is 25.8 Å². The second kappa shape index (κ2) is 4.26. The molecule has 0 spiro atoms. The molecule has 3 heteroatoms. The Labute approximate surface area is 72.6 Å². The molecule has 68 valence electrons. The zero-order valence-electron chi connectivity index (χ0n) is 7.32. The van der Waals surface area contributed by atoms with Gasteiger partial charge in [0.15, 0.2) is 0 Å². The van der Waals surface area contributed by atoms with Crippen molar-refractivity contribution in [3.8, 4) is 0 Å². The van der Waals surface area contributed by atoms with Crippen molar-refractivity contribution < 1.29 is 9.53 Å². The number of hydrogen-bond donors (Lipinski definition) is 1. The summed E-state index contributed by atoms with van der Waals surface area (Å²) in [7, 11) is 0. The fraction of sp³-hybridized carbons (Fsp3) is 0.667. The topological polar surface area (TPSA) is 52.3 Å². The smallest absolute Gasteiger partial charge is 0.309 e. The first-order valence-electron chi connectivity index (χ1n) is 4.33. The minimum Gasteiger partial charge on any atom is -0.466 e. The highest BCUT2D eigenvalue weighted by atomic mass is 16.5. The molecule has 0 bridgehead atoms. The van der Waals surface area contributed by atoms with Crippen LogP contribution in [0.3, 0.4) is 0 Å². The molecule has 0 aromatic rings. The summed E-state index contributed by atoms with van der Waals surface area (Å²) >= 11 is 0. The largest absolute Gasteiger partial charge is 0.466 e. The number of allylic oxidation sites excluding steroid dienone is 1. The Morgan fingerprint density at radius 2 is 2.50 bits per heavy atom. The minimum absolute atomic E-state index is 0.0214. The van der Waals surface area contributed by atoms with Gasteiger partial charge < -0.3 is 10.5 Å². The molecule has 0 fully saturated rings. The molecule has 2 N–H and O–H groups in total. The lowest BCUT2D eigenvalue weighted by Crippen LogP contribution is -2.29. The molecule has 2 atom stereocenters. The number of hydrogen-bond acceptors (Lipinski definition) is 3. The van der Waals surface area contributed by atoms with Gasteiger partial charge in [-0.15, -0.1) is 0 Å². The van der Waals surface area contributed by atoms with E-state index in [0.29, 0.717) is 6.61 Å². The van der Waals surface area contributed by atoms with E-state index in [2.05, 4.69) is 0 Å². The van der Waals surface area contributed by atoms with E-state index in [0.717, 1.165) is 12.8 Å². The average Bonchev–Trinajstić information content (AvgIpc) is 2.05. The lowest BCUT2D eigenvalue weighted by Gasteiger charge is -2.20. The summed E-state index contributed by atoms with van der Waals surface area (Å²) in [6, 6.07) is 0.0214. The quantitative estimate of drug-likeness (QED) is 0.492. The molecule has 0 radical (unpaired) electrons. The van der Waals surface area contributed by atoms with Gasteiger partial charge in [-0.1, -0.05) is 12.2 Å². The zero-order valence-corrected chi connectivity index (χ0v) is 7.32. The third-order valence-corrected chi connectivity index (χ3v) is 1.98. The van der Waals surface area contributed by atoms with Crippen LogP contribution in [-0.2, 0) is 9.53 Å². The van der Waals surface area contributed by atoms with Crippen molar-refractivity contribution in [1.82, 2.24) is 0 Å². The van der Waals surface area contributed by atoms with Crippen LogP contribution in [0.4, 0.5) is 0 Å². The van der Waals surface area contributed by atoms with Gasteiger partial charge in [-0.2, -0.15) is 0 Å². The monoisotopic (exact) mass is 169 g/mol. The maximum absolute atomic E-state index is 11.2. The Morgan fingerprint density at radius 1 is 1.75 bits per heavy atom. The maximum Gasteiger partial charge on any atom is 0.309 e. The van der Waals surface area contributed by atoms with E-state index in [1.807, 2.05) is 19.1 Å². The van der Waals surface area contributed by atoms with Crippen molar-refractivity contribution in [1.29, 1.82) is 0 Å². The van der Waals surface area contributed by atoms with Crippen LogP contribution in [0.2, 0.25) is 0 Å². The molecule has 2 unspecified atom stereocenters. The van der Waals surface area contributed by atoms with Crippen LogP contribution >= 0.6 is 0 Å². The lowest BCUT2D eigenvalue weighted by molar-refractivity contribution is -0.148. The first-order chi connectivity index (χ1) is 5.74. The molecule has 0 saturated heterocycles. The SMILES string of the molecule is CCOC(=O)C1CC=CC(N)C1. The predicted octanol–water partition coefficient (Wildman–Crippen LogP) is 0.843. The van der Waals surface area contributed by atoms with Crippen molar-refractivity contribution in [2.24, 2.45) is 11.7 Å². The van der Waals surface area contributed by atoms with Gasteiger partial charge in [0.25, 0.3) is 0 Å². The Hall–Kier alpha value is -0.830. The van der Waals surface area contributed by atoms with E-state index < -0.39 is 0 Å². The maximum atomic E-state index is 11.2. The first kappa shape index (κ1) is 9.26. The van der Waals surface area contributed by atoms with Crippen LogP contribution in [0.5, 0.6) is 0 Å². The number of carbonyl (C=O) groups is 1. The lowest BCUT2D eigenvalue weighted by atomic mass is 9.92. The molecule has 0 aromatic carbocycles. The van der Waals surface area contributed by atoms with E-state index >= 15 is 0 Å². The molecule has 0 saturated carbocycles. The molecule has 0 aromatic heterocycles. The summed E-state index contributed by atoms with van der Waals surface area (Å²) in [4.78, 5) is 11.2. The van der Waals surface area contributed by atoms with E-state index in [9.17, 15) is 4.79 Å².